The maximum atomic E-state index is 11.0. The molecule has 1 aliphatic heterocycles. The number of hydrogen-bond donors (Lipinski definition) is 1. The molecule has 1 atom stereocenters. The van der Waals surface area contributed by atoms with Crippen molar-refractivity contribution in [2.75, 3.05) is 24.6 Å². The maximum absolute atomic E-state index is 11.0. The van der Waals surface area contributed by atoms with E-state index in [0.717, 1.165) is 30.5 Å². The number of hydrogen-bond acceptors (Lipinski definition) is 5. The third kappa shape index (κ3) is 2.21. The summed E-state index contributed by atoms with van der Waals surface area (Å²) in [6.45, 7) is 1.13. The van der Waals surface area contributed by atoms with Crippen molar-refractivity contribution >= 4 is 11.8 Å². The molecule has 0 radical (unpaired) electrons. The van der Waals surface area contributed by atoms with Gasteiger partial charge in [0.25, 0.3) is 0 Å². The van der Waals surface area contributed by atoms with Crippen LogP contribution >= 0.6 is 0 Å². The Bertz CT molecular complexity index is 594. The van der Waals surface area contributed by atoms with Crippen LogP contribution in [0.25, 0.3) is 0 Å². The van der Waals surface area contributed by atoms with Crippen LogP contribution in [0.3, 0.4) is 0 Å². The fraction of sp³-hybridized carbons (Fsp3) is 0.500. The Hall–Kier alpha value is -2.13. The average molecular weight is 273 g/mol. The van der Waals surface area contributed by atoms with Crippen LogP contribution in [-0.4, -0.2) is 41.9 Å². The molecular formula is C14H15N3O3. The standard InChI is InChI=1S/C14H15N3O3/c15-7-10-6-9-2-1-3-11(9)16-13(10)17-4-5-20-12(8-17)14(18)19/h6,12H,1-5,8H2,(H,18,19). The van der Waals surface area contributed by atoms with Gasteiger partial charge in [-0.05, 0) is 30.9 Å². The maximum Gasteiger partial charge on any atom is 0.334 e. The predicted octanol–water partition coefficient (Wildman–Crippen LogP) is 0.732. The van der Waals surface area contributed by atoms with E-state index < -0.39 is 12.1 Å². The lowest BCUT2D eigenvalue weighted by Gasteiger charge is -2.32. The first-order chi connectivity index (χ1) is 9.69. The molecule has 6 heteroatoms. The largest absolute Gasteiger partial charge is 0.479 e. The second kappa shape index (κ2) is 5.10. The number of carboxylic acids is 1. The smallest absolute Gasteiger partial charge is 0.334 e. The minimum absolute atomic E-state index is 0.232. The van der Waals surface area contributed by atoms with E-state index in [4.69, 9.17) is 9.84 Å². The number of morpholine rings is 1. The Morgan fingerprint density at radius 1 is 1.55 bits per heavy atom. The monoisotopic (exact) mass is 273 g/mol. The number of aryl methyl sites for hydroxylation is 2. The zero-order valence-corrected chi connectivity index (χ0v) is 11.0. The van der Waals surface area contributed by atoms with E-state index in [0.29, 0.717) is 24.5 Å². The quantitative estimate of drug-likeness (QED) is 0.855. The van der Waals surface area contributed by atoms with E-state index in [1.165, 1.54) is 0 Å². The fourth-order valence-electron chi connectivity index (χ4n) is 2.78. The molecule has 0 aromatic carbocycles. The molecule has 1 unspecified atom stereocenters. The molecule has 1 aromatic rings. The number of carbonyl (C=O) groups is 1. The van der Waals surface area contributed by atoms with Gasteiger partial charge in [0.15, 0.2) is 6.10 Å². The molecule has 6 nitrogen and oxygen atoms in total. The zero-order chi connectivity index (χ0) is 14.1. The second-order valence-electron chi connectivity index (χ2n) is 5.07. The van der Waals surface area contributed by atoms with Gasteiger partial charge in [0.05, 0.1) is 18.7 Å². The molecule has 0 spiro atoms. The predicted molar refractivity (Wildman–Crippen MR) is 70.6 cm³/mol. The lowest BCUT2D eigenvalue weighted by Crippen LogP contribution is -2.46. The summed E-state index contributed by atoms with van der Waals surface area (Å²) in [5.74, 6) is -0.378. The normalized spacial score (nSPS) is 21.4. The summed E-state index contributed by atoms with van der Waals surface area (Å²) in [6, 6.07) is 4.07. The van der Waals surface area contributed by atoms with Crippen molar-refractivity contribution in [2.24, 2.45) is 0 Å². The van der Waals surface area contributed by atoms with Crippen molar-refractivity contribution in [2.45, 2.75) is 25.4 Å². The topological polar surface area (TPSA) is 86.5 Å². The number of ether oxygens (including phenoxy) is 1. The van der Waals surface area contributed by atoms with E-state index in [1.807, 2.05) is 11.0 Å². The van der Waals surface area contributed by atoms with Crippen LogP contribution in [0.2, 0.25) is 0 Å². The highest BCUT2D eigenvalue weighted by atomic mass is 16.5. The zero-order valence-electron chi connectivity index (χ0n) is 11.0. The van der Waals surface area contributed by atoms with E-state index in [-0.39, 0.29) is 6.54 Å². The summed E-state index contributed by atoms with van der Waals surface area (Å²) < 4.78 is 5.21. The Morgan fingerprint density at radius 3 is 3.15 bits per heavy atom. The molecule has 0 bridgehead atoms. The number of fused-ring (bicyclic) bond motifs is 1. The number of aliphatic carboxylic acids is 1. The molecule has 2 heterocycles. The summed E-state index contributed by atoms with van der Waals surface area (Å²) >= 11 is 0. The molecular weight excluding hydrogens is 258 g/mol. The first kappa shape index (κ1) is 12.9. The number of anilines is 1. The molecule has 1 N–H and O–H groups in total. The van der Waals surface area contributed by atoms with Crippen LogP contribution in [0.1, 0.15) is 23.2 Å². The average Bonchev–Trinajstić information content (AvgIpc) is 2.93. The first-order valence-electron chi connectivity index (χ1n) is 6.71. The molecule has 1 aliphatic carbocycles. The highest BCUT2D eigenvalue weighted by Crippen LogP contribution is 2.28. The van der Waals surface area contributed by atoms with Crippen LogP contribution in [0.5, 0.6) is 0 Å². The van der Waals surface area contributed by atoms with Crippen LogP contribution in [-0.2, 0) is 22.4 Å². The van der Waals surface area contributed by atoms with Gasteiger partial charge in [-0.2, -0.15) is 5.26 Å². The summed E-state index contributed by atoms with van der Waals surface area (Å²) in [4.78, 5) is 17.5. The molecule has 104 valence electrons. The van der Waals surface area contributed by atoms with Crippen molar-refractivity contribution in [3.63, 3.8) is 0 Å². The Labute approximate surface area is 116 Å². The molecule has 1 saturated heterocycles. The molecule has 0 amide bonds. The number of carboxylic acid groups (broad SMARTS) is 1. The van der Waals surface area contributed by atoms with E-state index in [2.05, 4.69) is 11.1 Å². The van der Waals surface area contributed by atoms with Crippen molar-refractivity contribution < 1.29 is 14.6 Å². The van der Waals surface area contributed by atoms with E-state index in [9.17, 15) is 10.1 Å². The molecule has 0 saturated carbocycles. The molecule has 3 rings (SSSR count). The van der Waals surface area contributed by atoms with Gasteiger partial charge in [-0.15, -0.1) is 0 Å². The third-order valence-electron chi connectivity index (χ3n) is 3.79. The van der Waals surface area contributed by atoms with Crippen molar-refractivity contribution in [1.82, 2.24) is 4.98 Å². The lowest BCUT2D eigenvalue weighted by atomic mass is 10.1. The van der Waals surface area contributed by atoms with Gasteiger partial charge in [-0.3, -0.25) is 0 Å². The van der Waals surface area contributed by atoms with Crippen LogP contribution in [0.4, 0.5) is 5.82 Å². The molecule has 1 aromatic heterocycles. The number of nitriles is 1. The number of aromatic nitrogens is 1. The molecule has 1 fully saturated rings. The van der Waals surface area contributed by atoms with Gasteiger partial charge in [-0.25, -0.2) is 9.78 Å². The van der Waals surface area contributed by atoms with Crippen LogP contribution in [0, 0.1) is 11.3 Å². The first-order valence-corrected chi connectivity index (χ1v) is 6.71. The highest BCUT2D eigenvalue weighted by molar-refractivity contribution is 5.74. The Kier molecular flexibility index (Phi) is 3.28. The minimum Gasteiger partial charge on any atom is -0.479 e. The fourth-order valence-corrected chi connectivity index (χ4v) is 2.78. The van der Waals surface area contributed by atoms with Gasteiger partial charge < -0.3 is 14.7 Å². The van der Waals surface area contributed by atoms with Gasteiger partial charge in [-0.1, -0.05) is 0 Å². The summed E-state index contributed by atoms with van der Waals surface area (Å²) in [5.41, 5.74) is 2.71. The summed E-state index contributed by atoms with van der Waals surface area (Å²) in [7, 11) is 0. The van der Waals surface area contributed by atoms with Gasteiger partial charge in [0, 0.05) is 12.2 Å². The van der Waals surface area contributed by atoms with Gasteiger partial charge in [0.2, 0.25) is 0 Å². The summed E-state index contributed by atoms with van der Waals surface area (Å²) in [5, 5.41) is 18.3. The second-order valence-corrected chi connectivity index (χ2v) is 5.07. The number of nitrogens with zero attached hydrogens (tertiary/aromatic N) is 3. The van der Waals surface area contributed by atoms with Crippen molar-refractivity contribution in [3.05, 3.63) is 22.9 Å². The van der Waals surface area contributed by atoms with E-state index >= 15 is 0 Å². The number of rotatable bonds is 2. The lowest BCUT2D eigenvalue weighted by molar-refractivity contribution is -0.150. The van der Waals surface area contributed by atoms with Crippen LogP contribution < -0.4 is 4.90 Å². The van der Waals surface area contributed by atoms with E-state index in [1.54, 1.807) is 0 Å². The van der Waals surface area contributed by atoms with Crippen molar-refractivity contribution in [1.29, 1.82) is 5.26 Å². The minimum atomic E-state index is -0.977. The molecule has 2 aliphatic rings. The van der Waals surface area contributed by atoms with Gasteiger partial charge in [0.1, 0.15) is 11.9 Å². The molecule has 20 heavy (non-hydrogen) atoms. The highest BCUT2D eigenvalue weighted by Gasteiger charge is 2.29. The Balaban J connectivity index is 1.93. The SMILES string of the molecule is N#Cc1cc2c(nc1N1CCOC(C(=O)O)C1)CCC2. The van der Waals surface area contributed by atoms with Crippen molar-refractivity contribution in [3.8, 4) is 6.07 Å². The van der Waals surface area contributed by atoms with Gasteiger partial charge >= 0.3 is 5.97 Å². The summed E-state index contributed by atoms with van der Waals surface area (Å²) in [6.07, 6.45) is 2.11. The van der Waals surface area contributed by atoms with Crippen LogP contribution in [0.15, 0.2) is 6.07 Å². The Morgan fingerprint density at radius 2 is 2.40 bits per heavy atom. The third-order valence-corrected chi connectivity index (χ3v) is 3.79. The number of pyridine rings is 1.